The van der Waals surface area contributed by atoms with Crippen molar-refractivity contribution >= 4 is 35.1 Å². The summed E-state index contributed by atoms with van der Waals surface area (Å²) in [6.07, 6.45) is 0. The van der Waals surface area contributed by atoms with Gasteiger partial charge in [-0.05, 0) is 34.7 Å². The van der Waals surface area contributed by atoms with Gasteiger partial charge in [0.15, 0.2) is 0 Å². The average Bonchev–Trinajstić information content (AvgIpc) is 2.54. The van der Waals surface area contributed by atoms with Gasteiger partial charge in [0.2, 0.25) is 0 Å². The zero-order valence-corrected chi connectivity index (χ0v) is 16.4. The smallest absolute Gasteiger partial charge is 0.312 e. The Morgan fingerprint density at radius 3 is 2.19 bits per heavy atom. The summed E-state index contributed by atoms with van der Waals surface area (Å²) < 4.78 is 0. The van der Waals surface area contributed by atoms with Crippen LogP contribution in [-0.2, 0) is 10.2 Å². The lowest BCUT2D eigenvalue weighted by Gasteiger charge is -2.20. The largest absolute Gasteiger partial charge is 0.481 e. The Bertz CT molecular complexity index is 811. The maximum Gasteiger partial charge on any atom is 0.312 e. The van der Waals surface area contributed by atoms with Crippen molar-refractivity contribution in [3.05, 3.63) is 69.2 Å². The van der Waals surface area contributed by atoms with E-state index in [-0.39, 0.29) is 22.5 Å². The van der Waals surface area contributed by atoms with Crippen LogP contribution in [-0.4, -0.2) is 23.5 Å². The molecule has 0 radical (unpaired) electrons. The lowest BCUT2D eigenvalue weighted by atomic mass is 9.85. The van der Waals surface area contributed by atoms with Crippen LogP contribution in [0.25, 0.3) is 0 Å². The number of hydrogen-bond acceptors (Lipinski definition) is 2. The summed E-state index contributed by atoms with van der Waals surface area (Å²) in [5, 5.41) is 12.8. The van der Waals surface area contributed by atoms with Crippen molar-refractivity contribution in [2.24, 2.45) is 0 Å². The second-order valence-electron chi connectivity index (χ2n) is 7.10. The van der Waals surface area contributed by atoms with Gasteiger partial charge in [0.25, 0.3) is 5.91 Å². The van der Waals surface area contributed by atoms with Crippen LogP contribution in [0.2, 0.25) is 10.0 Å². The van der Waals surface area contributed by atoms with Crippen molar-refractivity contribution in [3.8, 4) is 0 Å². The van der Waals surface area contributed by atoms with Crippen molar-refractivity contribution < 1.29 is 14.7 Å². The molecule has 1 unspecified atom stereocenters. The molecule has 0 saturated carbocycles. The van der Waals surface area contributed by atoms with E-state index in [2.05, 4.69) is 26.1 Å². The first kappa shape index (κ1) is 20.3. The molecule has 2 aromatic carbocycles. The first-order chi connectivity index (χ1) is 12.1. The van der Waals surface area contributed by atoms with Crippen LogP contribution >= 0.6 is 23.2 Å². The molecule has 4 nitrogen and oxygen atoms in total. The van der Waals surface area contributed by atoms with Gasteiger partial charge in [0.1, 0.15) is 0 Å². The number of nitrogens with one attached hydrogen (secondary N) is 1. The molecule has 26 heavy (non-hydrogen) atoms. The van der Waals surface area contributed by atoms with Crippen molar-refractivity contribution in [1.29, 1.82) is 0 Å². The molecular formula is C20H21Cl2NO3. The topological polar surface area (TPSA) is 66.4 Å². The van der Waals surface area contributed by atoms with Gasteiger partial charge >= 0.3 is 5.97 Å². The first-order valence-corrected chi connectivity index (χ1v) is 8.91. The highest BCUT2D eigenvalue weighted by Gasteiger charge is 2.22. The standard InChI is InChI=1S/C20H21Cl2NO3/c1-20(2,3)13-6-4-12(5-7-13)16(19(25)26)11-23-18(24)15-9-8-14(21)10-17(15)22/h4-10,16H,11H2,1-3H3,(H,23,24)(H,25,26). The Hall–Kier alpha value is -2.04. The quantitative estimate of drug-likeness (QED) is 0.759. The maximum absolute atomic E-state index is 12.3. The van der Waals surface area contributed by atoms with Crippen LogP contribution in [0.3, 0.4) is 0 Å². The van der Waals surface area contributed by atoms with Gasteiger partial charge in [-0.3, -0.25) is 9.59 Å². The number of carboxylic acids is 1. The third-order valence-electron chi connectivity index (χ3n) is 4.12. The Morgan fingerprint density at radius 1 is 1.08 bits per heavy atom. The van der Waals surface area contributed by atoms with Crippen LogP contribution in [0.15, 0.2) is 42.5 Å². The third-order valence-corrected chi connectivity index (χ3v) is 4.67. The van der Waals surface area contributed by atoms with E-state index in [1.165, 1.54) is 12.1 Å². The van der Waals surface area contributed by atoms with Crippen LogP contribution in [0.5, 0.6) is 0 Å². The van der Waals surface area contributed by atoms with Gasteiger partial charge in [-0.15, -0.1) is 0 Å². The van der Waals surface area contributed by atoms with Gasteiger partial charge in [-0.2, -0.15) is 0 Å². The predicted molar refractivity (Wildman–Crippen MR) is 104 cm³/mol. The minimum Gasteiger partial charge on any atom is -0.481 e. The summed E-state index contributed by atoms with van der Waals surface area (Å²) in [5.74, 6) is -2.29. The fourth-order valence-electron chi connectivity index (χ4n) is 2.53. The first-order valence-electron chi connectivity index (χ1n) is 8.16. The van der Waals surface area contributed by atoms with Crippen molar-refractivity contribution in [2.45, 2.75) is 32.1 Å². The molecule has 0 aliphatic heterocycles. The summed E-state index contributed by atoms with van der Waals surface area (Å²) >= 11 is 11.8. The predicted octanol–water partition coefficient (Wildman–Crippen LogP) is 4.89. The molecule has 1 atom stereocenters. The third kappa shape index (κ3) is 4.99. The molecule has 138 valence electrons. The maximum atomic E-state index is 12.3. The van der Waals surface area contributed by atoms with Crippen molar-refractivity contribution in [2.75, 3.05) is 6.54 Å². The molecule has 1 amide bonds. The molecule has 6 heteroatoms. The van der Waals surface area contributed by atoms with E-state index in [9.17, 15) is 14.7 Å². The van der Waals surface area contributed by atoms with Crippen LogP contribution in [0, 0.1) is 0 Å². The summed E-state index contributed by atoms with van der Waals surface area (Å²) in [4.78, 5) is 23.9. The minimum absolute atomic E-state index is 0.0171. The Labute approximate surface area is 163 Å². The highest BCUT2D eigenvalue weighted by molar-refractivity contribution is 6.36. The number of carbonyl (C=O) groups excluding carboxylic acids is 1. The van der Waals surface area contributed by atoms with Crippen molar-refractivity contribution in [3.63, 3.8) is 0 Å². The molecule has 0 saturated heterocycles. The number of carbonyl (C=O) groups is 2. The van der Waals surface area contributed by atoms with Gasteiger partial charge in [0.05, 0.1) is 16.5 Å². The highest BCUT2D eigenvalue weighted by Crippen LogP contribution is 2.25. The van der Waals surface area contributed by atoms with Gasteiger partial charge in [-0.1, -0.05) is 68.2 Å². The summed E-state index contributed by atoms with van der Waals surface area (Å²) in [6.45, 7) is 6.23. The van der Waals surface area contributed by atoms with E-state index >= 15 is 0 Å². The molecule has 2 rings (SSSR count). The van der Waals surface area contributed by atoms with Crippen LogP contribution < -0.4 is 5.32 Å². The van der Waals surface area contributed by atoms with E-state index < -0.39 is 17.8 Å². The zero-order chi connectivity index (χ0) is 19.5. The number of rotatable bonds is 5. The monoisotopic (exact) mass is 393 g/mol. The molecule has 0 aliphatic rings. The van der Waals surface area contributed by atoms with Crippen molar-refractivity contribution in [1.82, 2.24) is 5.32 Å². The van der Waals surface area contributed by atoms with E-state index in [4.69, 9.17) is 23.2 Å². The Kier molecular flexibility index (Phi) is 6.32. The molecule has 0 aliphatic carbocycles. The second kappa shape index (κ2) is 8.11. The van der Waals surface area contributed by atoms with Gasteiger partial charge in [0, 0.05) is 11.6 Å². The van der Waals surface area contributed by atoms with Gasteiger partial charge in [-0.25, -0.2) is 0 Å². The number of aliphatic carboxylic acids is 1. The number of halogens is 2. The lowest BCUT2D eigenvalue weighted by molar-refractivity contribution is -0.138. The summed E-state index contributed by atoms with van der Waals surface area (Å²) in [7, 11) is 0. The van der Waals surface area contributed by atoms with E-state index in [0.29, 0.717) is 10.6 Å². The lowest BCUT2D eigenvalue weighted by Crippen LogP contribution is -2.32. The molecule has 0 heterocycles. The number of amides is 1. The Balaban J connectivity index is 2.13. The van der Waals surface area contributed by atoms with Crippen LogP contribution in [0.1, 0.15) is 48.2 Å². The van der Waals surface area contributed by atoms with Gasteiger partial charge < -0.3 is 10.4 Å². The summed E-state index contributed by atoms with van der Waals surface area (Å²) in [6, 6.07) is 12.0. The molecule has 2 N–H and O–H groups in total. The van der Waals surface area contributed by atoms with E-state index in [1.54, 1.807) is 18.2 Å². The highest BCUT2D eigenvalue weighted by atomic mass is 35.5. The molecule has 2 aromatic rings. The molecule has 0 fully saturated rings. The zero-order valence-electron chi connectivity index (χ0n) is 14.8. The van der Waals surface area contributed by atoms with E-state index in [1.807, 2.05) is 12.1 Å². The second-order valence-corrected chi connectivity index (χ2v) is 7.94. The molecule has 0 spiro atoms. The molecule has 0 aromatic heterocycles. The van der Waals surface area contributed by atoms with Crippen LogP contribution in [0.4, 0.5) is 0 Å². The van der Waals surface area contributed by atoms with E-state index in [0.717, 1.165) is 5.56 Å². The molecule has 0 bridgehead atoms. The minimum atomic E-state index is -1.00. The Morgan fingerprint density at radius 2 is 1.69 bits per heavy atom. The molecular weight excluding hydrogens is 373 g/mol. The normalized spacial score (nSPS) is 12.5. The fraction of sp³-hybridized carbons (Fsp3) is 0.300. The average molecular weight is 394 g/mol. The SMILES string of the molecule is CC(C)(C)c1ccc(C(CNC(=O)c2ccc(Cl)cc2Cl)C(=O)O)cc1. The number of benzene rings is 2. The fourth-order valence-corrected chi connectivity index (χ4v) is 3.02. The number of hydrogen-bond donors (Lipinski definition) is 2. The summed E-state index contributed by atoms with van der Waals surface area (Å²) in [5.41, 5.74) is 1.98. The number of carboxylic acid groups (broad SMARTS) is 1.